The van der Waals surface area contributed by atoms with Crippen LogP contribution in [0.4, 0.5) is 0 Å². The lowest BCUT2D eigenvalue weighted by molar-refractivity contribution is 0.631. The van der Waals surface area contributed by atoms with Gasteiger partial charge in [0.25, 0.3) is 0 Å². The number of aromatic amines is 1. The molecule has 0 aliphatic rings. The van der Waals surface area contributed by atoms with Gasteiger partial charge in [-0.2, -0.15) is 0 Å². The molecule has 0 aliphatic carbocycles. The Morgan fingerprint density at radius 3 is 2.48 bits per heavy atom. The molecule has 0 saturated carbocycles. The molecule has 0 saturated heterocycles. The quantitative estimate of drug-likeness (QED) is 0.339. The lowest BCUT2D eigenvalue weighted by Gasteiger charge is -1.97. The van der Waals surface area contributed by atoms with E-state index in [1.54, 1.807) is 0 Å². The van der Waals surface area contributed by atoms with Crippen molar-refractivity contribution in [1.29, 1.82) is 0 Å². The van der Waals surface area contributed by atoms with Gasteiger partial charge in [0.05, 0.1) is 0 Å². The number of furan rings is 1. The van der Waals surface area contributed by atoms with Gasteiger partial charge in [-0.3, -0.25) is 0 Å². The molecule has 0 aliphatic heterocycles. The molecule has 0 bridgehead atoms. The summed E-state index contributed by atoms with van der Waals surface area (Å²) in [6.07, 6.45) is 4.08. The number of aromatic nitrogens is 1. The summed E-state index contributed by atoms with van der Waals surface area (Å²) in [5, 5.41) is 4.89. The Bertz CT molecular complexity index is 1400. The minimum absolute atomic E-state index is 0.918. The van der Waals surface area contributed by atoms with Gasteiger partial charge in [0.2, 0.25) is 0 Å². The van der Waals surface area contributed by atoms with Crippen molar-refractivity contribution in [3.05, 3.63) is 85.2 Å². The fraction of sp³-hybridized carbons (Fsp3) is 0. The molecule has 0 spiro atoms. The molecule has 128 valence electrons. The molecular formula is C24H15NOS. The third-order valence-electron chi connectivity index (χ3n) is 5.08. The highest BCUT2D eigenvalue weighted by atomic mass is 32.1. The molecule has 2 nitrogen and oxygen atoms in total. The van der Waals surface area contributed by atoms with Crippen LogP contribution in [0.25, 0.3) is 53.6 Å². The van der Waals surface area contributed by atoms with Gasteiger partial charge in [0, 0.05) is 32.9 Å². The lowest BCUT2D eigenvalue weighted by Crippen LogP contribution is -1.72. The molecule has 0 fully saturated rings. The molecule has 3 aromatic carbocycles. The first-order valence-corrected chi connectivity index (χ1v) is 9.75. The van der Waals surface area contributed by atoms with Gasteiger partial charge in [0.1, 0.15) is 11.3 Å². The van der Waals surface area contributed by atoms with Crippen LogP contribution < -0.4 is 0 Å². The van der Waals surface area contributed by atoms with Crippen LogP contribution in [0.3, 0.4) is 0 Å². The fourth-order valence-electron chi connectivity index (χ4n) is 3.66. The molecule has 6 rings (SSSR count). The summed E-state index contributed by atoms with van der Waals surface area (Å²) in [6, 6.07) is 25.7. The lowest BCUT2D eigenvalue weighted by atomic mass is 10.1. The van der Waals surface area contributed by atoms with Gasteiger partial charge in [-0.05, 0) is 52.1 Å². The minimum Gasteiger partial charge on any atom is -0.456 e. The van der Waals surface area contributed by atoms with Gasteiger partial charge < -0.3 is 9.40 Å². The second kappa shape index (κ2) is 5.60. The highest BCUT2D eigenvalue weighted by Gasteiger charge is 2.10. The van der Waals surface area contributed by atoms with Gasteiger partial charge in [-0.1, -0.05) is 42.5 Å². The molecule has 6 aromatic rings. The van der Waals surface area contributed by atoms with E-state index in [0.717, 1.165) is 22.3 Å². The van der Waals surface area contributed by atoms with E-state index in [9.17, 15) is 0 Å². The van der Waals surface area contributed by atoms with Gasteiger partial charge in [0.15, 0.2) is 0 Å². The predicted molar refractivity (Wildman–Crippen MR) is 114 cm³/mol. The molecule has 3 heteroatoms. The normalized spacial score (nSPS) is 11.7. The number of hydrogen-bond acceptors (Lipinski definition) is 2. The van der Waals surface area contributed by atoms with Crippen LogP contribution in [0, 0.1) is 0 Å². The first-order valence-electron chi connectivity index (χ1n) is 8.93. The van der Waals surface area contributed by atoms with Gasteiger partial charge in [-0.25, -0.2) is 0 Å². The molecule has 3 aromatic heterocycles. The minimum atomic E-state index is 0.918. The highest BCUT2D eigenvalue weighted by Crippen LogP contribution is 2.37. The molecular weight excluding hydrogens is 350 g/mol. The number of fused-ring (bicyclic) bond motifs is 3. The van der Waals surface area contributed by atoms with Crippen molar-refractivity contribution < 1.29 is 4.42 Å². The van der Waals surface area contributed by atoms with E-state index in [4.69, 9.17) is 4.42 Å². The topological polar surface area (TPSA) is 28.9 Å². The van der Waals surface area contributed by atoms with E-state index in [2.05, 4.69) is 59.6 Å². The molecule has 0 radical (unpaired) electrons. The molecule has 27 heavy (non-hydrogen) atoms. The molecule has 0 amide bonds. The van der Waals surface area contributed by atoms with Gasteiger partial charge in [-0.15, -0.1) is 11.3 Å². The van der Waals surface area contributed by atoms with E-state index in [1.807, 2.05) is 41.9 Å². The summed E-state index contributed by atoms with van der Waals surface area (Å²) in [4.78, 5) is 4.46. The van der Waals surface area contributed by atoms with Crippen molar-refractivity contribution >= 4 is 43.2 Å². The van der Waals surface area contributed by atoms with E-state index < -0.39 is 0 Å². The summed E-state index contributed by atoms with van der Waals surface area (Å²) < 4.78 is 7.31. The highest BCUT2D eigenvalue weighted by molar-refractivity contribution is 7.22. The van der Waals surface area contributed by atoms with E-state index in [1.165, 1.54) is 31.3 Å². The van der Waals surface area contributed by atoms with Crippen LogP contribution in [0.1, 0.15) is 0 Å². The SMILES string of the molecule is c1ccc2oc(-c3ccc4cc(-c5ccc6c[nH]cc6c5)sc4c3)cc2c1. The van der Waals surface area contributed by atoms with Crippen LogP contribution in [-0.4, -0.2) is 4.98 Å². The molecule has 0 atom stereocenters. The average molecular weight is 365 g/mol. The van der Waals surface area contributed by atoms with Crippen LogP contribution in [-0.2, 0) is 0 Å². The maximum absolute atomic E-state index is 6.03. The summed E-state index contributed by atoms with van der Waals surface area (Å²) >= 11 is 1.83. The number of para-hydroxylation sites is 1. The van der Waals surface area contributed by atoms with Crippen LogP contribution in [0.2, 0.25) is 0 Å². The van der Waals surface area contributed by atoms with Crippen molar-refractivity contribution in [2.24, 2.45) is 0 Å². The monoisotopic (exact) mass is 365 g/mol. The van der Waals surface area contributed by atoms with Crippen molar-refractivity contribution in [3.63, 3.8) is 0 Å². The van der Waals surface area contributed by atoms with Gasteiger partial charge >= 0.3 is 0 Å². The first kappa shape index (κ1) is 14.8. The average Bonchev–Trinajstić information content (AvgIpc) is 3.42. The number of nitrogens with one attached hydrogen (secondary N) is 1. The zero-order valence-corrected chi connectivity index (χ0v) is 15.2. The number of thiophene rings is 1. The van der Waals surface area contributed by atoms with Crippen molar-refractivity contribution in [1.82, 2.24) is 4.98 Å². The maximum Gasteiger partial charge on any atom is 0.135 e. The largest absolute Gasteiger partial charge is 0.456 e. The maximum atomic E-state index is 6.03. The Kier molecular flexibility index (Phi) is 3.07. The number of rotatable bonds is 2. The van der Waals surface area contributed by atoms with Crippen LogP contribution in [0.15, 0.2) is 89.6 Å². The zero-order chi connectivity index (χ0) is 17.8. The third-order valence-corrected chi connectivity index (χ3v) is 6.23. The molecule has 0 unspecified atom stereocenters. The Morgan fingerprint density at radius 2 is 1.52 bits per heavy atom. The number of benzene rings is 3. The second-order valence-electron chi connectivity index (χ2n) is 6.81. The Labute approximate surface area is 159 Å². The van der Waals surface area contributed by atoms with Crippen LogP contribution >= 0.6 is 11.3 Å². The Morgan fingerprint density at radius 1 is 0.667 bits per heavy atom. The van der Waals surface area contributed by atoms with E-state index in [0.29, 0.717) is 0 Å². The summed E-state index contributed by atoms with van der Waals surface area (Å²) in [7, 11) is 0. The number of H-pyrrole nitrogens is 1. The summed E-state index contributed by atoms with van der Waals surface area (Å²) in [6.45, 7) is 0. The second-order valence-corrected chi connectivity index (χ2v) is 7.89. The Balaban J connectivity index is 1.46. The molecule has 3 heterocycles. The summed E-state index contributed by atoms with van der Waals surface area (Å²) in [5.74, 6) is 0.918. The number of hydrogen-bond donors (Lipinski definition) is 1. The standard InChI is InChI=1S/C24H15NOS/c1-2-4-21-15(3-1)10-22(26-21)16-5-6-18-12-24(27-23(18)11-16)17-7-8-19-13-25-14-20(19)9-17/h1-14,25H. The first-order chi connectivity index (χ1) is 13.3. The smallest absolute Gasteiger partial charge is 0.135 e. The van der Waals surface area contributed by atoms with Crippen molar-refractivity contribution in [2.75, 3.05) is 0 Å². The van der Waals surface area contributed by atoms with Crippen molar-refractivity contribution in [2.45, 2.75) is 0 Å². The zero-order valence-electron chi connectivity index (χ0n) is 14.4. The third kappa shape index (κ3) is 2.40. The van der Waals surface area contributed by atoms with Crippen LogP contribution in [0.5, 0.6) is 0 Å². The van der Waals surface area contributed by atoms with E-state index in [-0.39, 0.29) is 0 Å². The summed E-state index contributed by atoms with van der Waals surface area (Å²) in [5.41, 5.74) is 3.31. The fourth-order valence-corrected chi connectivity index (χ4v) is 4.75. The Hall–Kier alpha value is -3.30. The van der Waals surface area contributed by atoms with Crippen molar-refractivity contribution in [3.8, 4) is 21.8 Å². The molecule has 1 N–H and O–H groups in total. The predicted octanol–water partition coefficient (Wildman–Crippen LogP) is 7.46. The van der Waals surface area contributed by atoms with E-state index >= 15 is 0 Å².